The molecule has 0 heterocycles. The Morgan fingerprint density at radius 1 is 0.215 bits per heavy atom. The summed E-state index contributed by atoms with van der Waals surface area (Å²) in [6, 6.07) is 94.5. The molecule has 11 rings (SSSR count). The van der Waals surface area contributed by atoms with Gasteiger partial charge < -0.3 is 0 Å². The van der Waals surface area contributed by atoms with Crippen LogP contribution in [0.25, 0.3) is 77.9 Å². The summed E-state index contributed by atoms with van der Waals surface area (Å²) in [6.07, 6.45) is 3.95. The maximum Gasteiger partial charge on any atom is 0.0222 e. The third kappa shape index (κ3) is 8.16. The highest BCUT2D eigenvalue weighted by molar-refractivity contribution is 5.89. The fourth-order valence-corrected chi connectivity index (χ4v) is 10.3. The Balaban J connectivity index is 1.11. The summed E-state index contributed by atoms with van der Waals surface area (Å²) >= 11 is 0. The van der Waals surface area contributed by atoms with Crippen LogP contribution in [0.1, 0.15) is 35.1 Å². The van der Waals surface area contributed by atoms with Crippen LogP contribution in [0.15, 0.2) is 255 Å². The van der Waals surface area contributed by atoms with Crippen LogP contribution in [-0.4, -0.2) is 0 Å². The van der Waals surface area contributed by atoms with Crippen LogP contribution in [0.3, 0.4) is 0 Å². The van der Waals surface area contributed by atoms with E-state index < -0.39 is 0 Å². The van der Waals surface area contributed by atoms with Crippen molar-refractivity contribution in [1.29, 1.82) is 0 Å². The Hall–Kier alpha value is -7.80. The molecule has 0 nitrogen and oxygen atoms in total. The maximum absolute atomic E-state index is 2.56. The van der Waals surface area contributed by atoms with E-state index in [0.29, 0.717) is 0 Å². The van der Waals surface area contributed by atoms with Crippen molar-refractivity contribution in [2.45, 2.75) is 31.1 Å². The predicted octanol–water partition coefficient (Wildman–Crippen LogP) is 17.2. The zero-order valence-corrected chi connectivity index (χ0v) is 36.6. The molecule has 0 N–H and O–H groups in total. The molecule has 0 heteroatoms. The van der Waals surface area contributed by atoms with Gasteiger partial charge in [-0.05, 0) is 174 Å². The molecular formula is C65H50. The van der Waals surface area contributed by atoms with Gasteiger partial charge in [-0.3, -0.25) is 0 Å². The molecule has 0 saturated heterocycles. The first-order valence-corrected chi connectivity index (χ1v) is 23.1. The number of benzene rings is 10. The highest BCUT2D eigenvalue weighted by Crippen LogP contribution is 2.55. The van der Waals surface area contributed by atoms with Crippen LogP contribution in [0, 0.1) is 0 Å². The van der Waals surface area contributed by atoms with Crippen molar-refractivity contribution < 1.29 is 0 Å². The number of aryl methyl sites for hydroxylation is 2. The molecule has 0 amide bonds. The van der Waals surface area contributed by atoms with Gasteiger partial charge in [-0.1, -0.05) is 206 Å². The second-order valence-corrected chi connectivity index (χ2v) is 17.6. The number of rotatable bonds is 12. The minimum atomic E-state index is -0.249. The van der Waals surface area contributed by atoms with Gasteiger partial charge in [-0.2, -0.15) is 0 Å². The molecule has 65 heavy (non-hydrogen) atoms. The van der Waals surface area contributed by atoms with Gasteiger partial charge in [-0.15, -0.1) is 0 Å². The minimum Gasteiger partial charge on any atom is -0.0622 e. The summed E-state index contributed by atoms with van der Waals surface area (Å²) in [5.74, 6) is 0. The first kappa shape index (κ1) is 40.0. The number of hydrogen-bond donors (Lipinski definition) is 0. The van der Waals surface area contributed by atoms with Crippen molar-refractivity contribution in [3.63, 3.8) is 0 Å². The molecule has 1 aliphatic rings. The average Bonchev–Trinajstić information content (AvgIpc) is 3.66. The molecule has 10 aromatic rings. The monoisotopic (exact) mass is 830 g/mol. The summed E-state index contributed by atoms with van der Waals surface area (Å²) in [4.78, 5) is 0. The van der Waals surface area contributed by atoms with Gasteiger partial charge in [0.15, 0.2) is 0 Å². The summed E-state index contributed by atoms with van der Waals surface area (Å²) in [7, 11) is 0. The zero-order valence-electron chi connectivity index (χ0n) is 36.6. The molecule has 0 aromatic heterocycles. The summed E-state index contributed by atoms with van der Waals surface area (Å²) in [5.41, 5.74) is 22.8. The Labute approximate surface area is 384 Å². The van der Waals surface area contributed by atoms with Crippen molar-refractivity contribution in [3.8, 4) is 77.9 Å². The fraction of sp³-hybridized carbons (Fsp3) is 0.0769. The summed E-state index contributed by atoms with van der Waals surface area (Å²) in [6.45, 7) is 0. The van der Waals surface area contributed by atoms with Gasteiger partial charge in [-0.25, -0.2) is 0 Å². The Bertz CT molecular complexity index is 2870. The molecule has 1 aliphatic carbocycles. The highest BCUT2D eigenvalue weighted by Gasteiger charge is 2.43. The van der Waals surface area contributed by atoms with Crippen molar-refractivity contribution in [1.82, 2.24) is 0 Å². The molecule has 0 fully saturated rings. The SMILES string of the molecule is c1ccc(CCC2(CCc3ccccc3)c3cc(-c4cc(-c5ccccc5)cc(-c5ccccc5)c4)ccc3-c3ccc(-c4cc(-c5ccccc5)cc(-c5ccccc5)c4)cc32)cc1. The van der Waals surface area contributed by atoms with E-state index >= 15 is 0 Å². The van der Waals surface area contributed by atoms with Gasteiger partial charge in [0, 0.05) is 5.41 Å². The first-order chi connectivity index (χ1) is 32.2. The lowest BCUT2D eigenvalue weighted by molar-refractivity contribution is 0.446. The summed E-state index contributed by atoms with van der Waals surface area (Å²) < 4.78 is 0. The molecule has 10 aromatic carbocycles. The molecule has 0 spiro atoms. The fourth-order valence-electron chi connectivity index (χ4n) is 10.3. The lowest BCUT2D eigenvalue weighted by atomic mass is 9.69. The van der Waals surface area contributed by atoms with E-state index in [1.807, 2.05) is 0 Å². The quantitative estimate of drug-likeness (QED) is 0.115. The normalized spacial score (nSPS) is 12.4. The van der Waals surface area contributed by atoms with E-state index in [9.17, 15) is 0 Å². The van der Waals surface area contributed by atoms with E-state index in [1.54, 1.807) is 0 Å². The Kier molecular flexibility index (Phi) is 10.9. The predicted molar refractivity (Wildman–Crippen MR) is 275 cm³/mol. The topological polar surface area (TPSA) is 0 Å². The third-order valence-corrected chi connectivity index (χ3v) is 13.7. The molecule has 0 aliphatic heterocycles. The molecule has 0 bridgehead atoms. The molecule has 0 atom stereocenters. The van der Waals surface area contributed by atoms with Crippen LogP contribution in [0.5, 0.6) is 0 Å². The van der Waals surface area contributed by atoms with Gasteiger partial charge in [0.25, 0.3) is 0 Å². The Morgan fingerprint density at radius 2 is 0.477 bits per heavy atom. The first-order valence-electron chi connectivity index (χ1n) is 23.1. The van der Waals surface area contributed by atoms with E-state index in [2.05, 4.69) is 255 Å². The van der Waals surface area contributed by atoms with Gasteiger partial charge in [0.05, 0.1) is 0 Å². The van der Waals surface area contributed by atoms with Crippen LogP contribution < -0.4 is 0 Å². The smallest absolute Gasteiger partial charge is 0.0222 e. The van der Waals surface area contributed by atoms with Gasteiger partial charge in [0.2, 0.25) is 0 Å². The van der Waals surface area contributed by atoms with Crippen LogP contribution in [0.4, 0.5) is 0 Å². The van der Waals surface area contributed by atoms with E-state index in [1.165, 1.54) is 100 Å². The second-order valence-electron chi connectivity index (χ2n) is 17.6. The minimum absolute atomic E-state index is 0.249. The Morgan fingerprint density at radius 3 is 0.769 bits per heavy atom. The van der Waals surface area contributed by atoms with Gasteiger partial charge >= 0.3 is 0 Å². The molecule has 0 saturated carbocycles. The largest absolute Gasteiger partial charge is 0.0622 e. The molecule has 0 radical (unpaired) electrons. The van der Waals surface area contributed by atoms with Gasteiger partial charge in [0.1, 0.15) is 0 Å². The molecular weight excluding hydrogens is 781 g/mol. The van der Waals surface area contributed by atoms with Crippen molar-refractivity contribution in [2.75, 3.05) is 0 Å². The lowest BCUT2D eigenvalue weighted by Gasteiger charge is -2.33. The van der Waals surface area contributed by atoms with E-state index in [-0.39, 0.29) is 5.41 Å². The van der Waals surface area contributed by atoms with Crippen molar-refractivity contribution in [3.05, 3.63) is 277 Å². The standard InChI is InChI=1S/C65H50/c1-7-19-47(20-8-1)35-37-65(38-36-48-21-9-2-10-22-48)63-45-53(59-41-55(49-23-11-3-12-24-49)39-56(42-59)50-25-13-4-14-26-50)31-33-61(63)62-34-32-54(46-64(62)65)60-43-57(51-27-15-5-16-28-51)40-58(44-60)52-29-17-6-18-30-52/h1-34,39-46H,35-38H2. The van der Waals surface area contributed by atoms with Crippen LogP contribution in [-0.2, 0) is 18.3 Å². The molecule has 0 unspecified atom stereocenters. The van der Waals surface area contributed by atoms with Crippen molar-refractivity contribution in [2.24, 2.45) is 0 Å². The van der Waals surface area contributed by atoms with Crippen molar-refractivity contribution >= 4 is 0 Å². The average molecular weight is 831 g/mol. The summed E-state index contributed by atoms with van der Waals surface area (Å²) in [5, 5.41) is 0. The highest BCUT2D eigenvalue weighted by atomic mass is 14.5. The zero-order chi connectivity index (χ0) is 43.4. The maximum atomic E-state index is 2.56. The molecule has 310 valence electrons. The van der Waals surface area contributed by atoms with E-state index in [0.717, 1.165) is 25.7 Å². The second kappa shape index (κ2) is 17.8. The lowest BCUT2D eigenvalue weighted by Crippen LogP contribution is -2.27. The van der Waals surface area contributed by atoms with Crippen LogP contribution >= 0.6 is 0 Å². The number of hydrogen-bond acceptors (Lipinski definition) is 0. The third-order valence-electron chi connectivity index (χ3n) is 13.7. The number of fused-ring (bicyclic) bond motifs is 3. The van der Waals surface area contributed by atoms with Crippen LogP contribution in [0.2, 0.25) is 0 Å². The van der Waals surface area contributed by atoms with E-state index in [4.69, 9.17) is 0 Å².